The number of hydrogen-bond donors (Lipinski definition) is 1. The van der Waals surface area contributed by atoms with E-state index < -0.39 is 0 Å². The molecule has 1 aliphatic rings. The van der Waals surface area contributed by atoms with Gasteiger partial charge in [0.15, 0.2) is 0 Å². The molecule has 0 aliphatic carbocycles. The van der Waals surface area contributed by atoms with Gasteiger partial charge in [0, 0.05) is 34.9 Å². The summed E-state index contributed by atoms with van der Waals surface area (Å²) in [6.07, 6.45) is 4.53. The molecule has 0 amide bonds. The molecule has 0 radical (unpaired) electrons. The Hall–Kier alpha value is -2.63. The lowest BCUT2D eigenvalue weighted by Crippen LogP contribution is -2.32. The van der Waals surface area contributed by atoms with Crippen LogP contribution in [0.5, 0.6) is 5.75 Å². The second-order valence-corrected chi connectivity index (χ2v) is 8.48. The maximum atomic E-state index is 6.04. The normalized spacial score (nSPS) is 15.7. The van der Waals surface area contributed by atoms with E-state index in [1.165, 1.54) is 40.6 Å². The standard InChI is InChI=1S/C24H25N3OS/c1-2-4-18(5-3-1)15-28-21-6-7-23-22(12-21)20(13-25-23)14-27-10-8-19(9-11-27)24-16-29-17-26-24/h1-7,12-13,16-17,19,25H,8-11,14-15H2. The maximum absolute atomic E-state index is 6.04. The fourth-order valence-corrected chi connectivity index (χ4v) is 4.81. The minimum Gasteiger partial charge on any atom is -0.489 e. The van der Waals surface area contributed by atoms with Gasteiger partial charge in [0.05, 0.1) is 11.2 Å². The van der Waals surface area contributed by atoms with Crippen molar-refractivity contribution < 1.29 is 4.74 Å². The Kier molecular flexibility index (Phi) is 5.33. The Morgan fingerprint density at radius 3 is 2.76 bits per heavy atom. The van der Waals surface area contributed by atoms with Crippen LogP contribution in [0.3, 0.4) is 0 Å². The molecule has 0 bridgehead atoms. The summed E-state index contributed by atoms with van der Waals surface area (Å²) in [7, 11) is 0. The molecule has 1 aliphatic heterocycles. The third kappa shape index (κ3) is 4.21. The SMILES string of the molecule is c1ccc(COc2ccc3[nH]cc(CN4CCC(c5cscn5)CC4)c3c2)cc1. The van der Waals surface area contributed by atoms with E-state index in [4.69, 9.17) is 4.74 Å². The van der Waals surface area contributed by atoms with Crippen molar-refractivity contribution in [3.63, 3.8) is 0 Å². The van der Waals surface area contributed by atoms with Crippen LogP contribution in [0.15, 0.2) is 65.6 Å². The van der Waals surface area contributed by atoms with Gasteiger partial charge in [-0.2, -0.15) is 0 Å². The largest absolute Gasteiger partial charge is 0.489 e. The van der Waals surface area contributed by atoms with Crippen molar-refractivity contribution in [2.75, 3.05) is 13.1 Å². The number of rotatable bonds is 6. The summed E-state index contributed by atoms with van der Waals surface area (Å²) in [6.45, 7) is 3.82. The van der Waals surface area contributed by atoms with Crippen LogP contribution in [0.2, 0.25) is 0 Å². The molecular formula is C24H25N3OS. The van der Waals surface area contributed by atoms with E-state index in [9.17, 15) is 0 Å². The fourth-order valence-electron chi connectivity index (χ4n) is 4.17. The van der Waals surface area contributed by atoms with Gasteiger partial charge in [0.1, 0.15) is 12.4 Å². The minimum atomic E-state index is 0.593. The predicted molar refractivity (Wildman–Crippen MR) is 118 cm³/mol. The first-order valence-electron chi connectivity index (χ1n) is 10.2. The molecule has 4 nitrogen and oxygen atoms in total. The first kappa shape index (κ1) is 18.4. The molecule has 2 aromatic heterocycles. The van der Waals surface area contributed by atoms with Gasteiger partial charge >= 0.3 is 0 Å². The van der Waals surface area contributed by atoms with E-state index in [1.54, 1.807) is 11.3 Å². The molecular weight excluding hydrogens is 378 g/mol. The molecule has 0 atom stereocenters. The quantitative estimate of drug-likeness (QED) is 0.457. The number of thiazole rings is 1. The molecule has 148 valence electrons. The Bertz CT molecular complexity index is 1050. The van der Waals surface area contributed by atoms with Crippen molar-refractivity contribution in [1.29, 1.82) is 0 Å². The molecule has 1 fully saturated rings. The number of ether oxygens (including phenoxy) is 1. The number of hydrogen-bond acceptors (Lipinski definition) is 4. The molecule has 3 heterocycles. The van der Waals surface area contributed by atoms with Crippen LogP contribution in [0.25, 0.3) is 10.9 Å². The second kappa shape index (κ2) is 8.39. The smallest absolute Gasteiger partial charge is 0.120 e. The van der Waals surface area contributed by atoms with Gasteiger partial charge in [0.2, 0.25) is 0 Å². The van der Waals surface area contributed by atoms with E-state index in [0.29, 0.717) is 12.5 Å². The minimum absolute atomic E-state index is 0.593. The molecule has 0 unspecified atom stereocenters. The third-order valence-electron chi connectivity index (χ3n) is 5.84. The van der Waals surface area contributed by atoms with Crippen molar-refractivity contribution >= 4 is 22.2 Å². The summed E-state index contributed by atoms with van der Waals surface area (Å²) in [4.78, 5) is 10.5. The van der Waals surface area contributed by atoms with Gasteiger partial charge in [-0.05, 0) is 55.3 Å². The number of aromatic nitrogens is 2. The lowest BCUT2D eigenvalue weighted by molar-refractivity contribution is 0.204. The molecule has 0 spiro atoms. The van der Waals surface area contributed by atoms with E-state index in [1.807, 2.05) is 29.8 Å². The van der Waals surface area contributed by atoms with Crippen LogP contribution < -0.4 is 4.74 Å². The summed E-state index contributed by atoms with van der Waals surface area (Å²) >= 11 is 1.70. The van der Waals surface area contributed by atoms with Crippen LogP contribution in [-0.4, -0.2) is 28.0 Å². The zero-order valence-electron chi connectivity index (χ0n) is 16.4. The first-order valence-corrected chi connectivity index (χ1v) is 11.2. The number of piperidine rings is 1. The number of likely N-dealkylation sites (tertiary alicyclic amines) is 1. The van der Waals surface area contributed by atoms with E-state index in [-0.39, 0.29) is 0 Å². The van der Waals surface area contributed by atoms with Crippen molar-refractivity contribution in [1.82, 2.24) is 14.9 Å². The highest BCUT2D eigenvalue weighted by Gasteiger charge is 2.22. The second-order valence-electron chi connectivity index (χ2n) is 7.76. The van der Waals surface area contributed by atoms with Gasteiger partial charge in [-0.15, -0.1) is 11.3 Å². The van der Waals surface area contributed by atoms with E-state index in [0.717, 1.165) is 25.4 Å². The van der Waals surface area contributed by atoms with E-state index in [2.05, 4.69) is 50.7 Å². The molecule has 0 saturated carbocycles. The maximum Gasteiger partial charge on any atom is 0.120 e. The zero-order chi connectivity index (χ0) is 19.5. The van der Waals surface area contributed by atoms with Gasteiger partial charge in [0.25, 0.3) is 0 Å². The highest BCUT2D eigenvalue weighted by atomic mass is 32.1. The first-order chi connectivity index (χ1) is 14.3. The topological polar surface area (TPSA) is 41.1 Å². The van der Waals surface area contributed by atoms with E-state index >= 15 is 0 Å². The van der Waals surface area contributed by atoms with Gasteiger partial charge in [-0.3, -0.25) is 4.90 Å². The molecule has 29 heavy (non-hydrogen) atoms. The number of benzene rings is 2. The molecule has 2 aromatic carbocycles. The number of nitrogens with zero attached hydrogens (tertiary/aromatic N) is 2. The van der Waals surface area contributed by atoms with Crippen molar-refractivity contribution in [2.24, 2.45) is 0 Å². The Morgan fingerprint density at radius 1 is 1.10 bits per heavy atom. The van der Waals surface area contributed by atoms with Crippen LogP contribution in [-0.2, 0) is 13.2 Å². The monoisotopic (exact) mass is 403 g/mol. The molecule has 4 aromatic rings. The van der Waals surface area contributed by atoms with Crippen LogP contribution in [0, 0.1) is 0 Å². The molecule has 5 rings (SSSR count). The molecule has 5 heteroatoms. The number of fused-ring (bicyclic) bond motifs is 1. The summed E-state index contributed by atoms with van der Waals surface area (Å²) < 4.78 is 6.04. The fraction of sp³-hybridized carbons (Fsp3) is 0.292. The van der Waals surface area contributed by atoms with Crippen molar-refractivity contribution in [3.05, 3.63) is 82.4 Å². The third-order valence-corrected chi connectivity index (χ3v) is 6.44. The highest BCUT2D eigenvalue weighted by molar-refractivity contribution is 7.07. The van der Waals surface area contributed by atoms with Crippen LogP contribution >= 0.6 is 11.3 Å². The number of H-pyrrole nitrogens is 1. The van der Waals surface area contributed by atoms with Gasteiger partial charge in [-0.25, -0.2) is 4.98 Å². The van der Waals surface area contributed by atoms with Crippen molar-refractivity contribution in [3.8, 4) is 5.75 Å². The van der Waals surface area contributed by atoms with Gasteiger partial charge in [-0.1, -0.05) is 30.3 Å². The Balaban J connectivity index is 1.24. The lowest BCUT2D eigenvalue weighted by atomic mass is 9.94. The zero-order valence-corrected chi connectivity index (χ0v) is 17.2. The van der Waals surface area contributed by atoms with Crippen LogP contribution in [0.1, 0.15) is 35.6 Å². The highest BCUT2D eigenvalue weighted by Crippen LogP contribution is 2.30. The summed E-state index contributed by atoms with van der Waals surface area (Å²) in [5.74, 6) is 1.54. The predicted octanol–water partition coefficient (Wildman–Crippen LogP) is 5.58. The Labute approximate surface area is 175 Å². The average Bonchev–Trinajstić information content (AvgIpc) is 3.44. The Morgan fingerprint density at radius 2 is 1.97 bits per heavy atom. The summed E-state index contributed by atoms with van der Waals surface area (Å²) in [6, 6.07) is 16.6. The lowest BCUT2D eigenvalue weighted by Gasteiger charge is -2.31. The number of aromatic amines is 1. The number of nitrogens with one attached hydrogen (secondary N) is 1. The summed E-state index contributed by atoms with van der Waals surface area (Å²) in [5, 5.41) is 3.47. The van der Waals surface area contributed by atoms with Crippen molar-refractivity contribution in [2.45, 2.75) is 31.9 Å². The van der Waals surface area contributed by atoms with Crippen LogP contribution in [0.4, 0.5) is 0 Å². The summed E-state index contributed by atoms with van der Waals surface area (Å²) in [5.41, 5.74) is 6.93. The van der Waals surface area contributed by atoms with Gasteiger partial charge < -0.3 is 9.72 Å². The average molecular weight is 404 g/mol. The molecule has 1 saturated heterocycles. The molecule has 1 N–H and O–H groups in total.